The molecule has 0 amide bonds. The van der Waals surface area contributed by atoms with Crippen molar-refractivity contribution in [3.05, 3.63) is 60.2 Å². The van der Waals surface area contributed by atoms with Crippen LogP contribution in [0.15, 0.2) is 59.5 Å². The molecule has 3 rings (SSSR count). The molecule has 1 heterocycles. The molecule has 0 aliphatic carbocycles. The van der Waals surface area contributed by atoms with Gasteiger partial charge in [-0.2, -0.15) is 0 Å². The third-order valence-electron chi connectivity index (χ3n) is 3.38. The minimum atomic E-state index is -0.267. The van der Waals surface area contributed by atoms with Crippen LogP contribution in [0.3, 0.4) is 0 Å². The Morgan fingerprint density at radius 1 is 1.10 bits per heavy atom. The van der Waals surface area contributed by atoms with Crippen molar-refractivity contribution in [2.24, 2.45) is 0 Å². The third-order valence-corrected chi connectivity index (χ3v) is 4.29. The molecule has 0 N–H and O–H groups in total. The first kappa shape index (κ1) is 13.9. The lowest BCUT2D eigenvalue weighted by Gasteiger charge is -2.23. The molecule has 1 aliphatic rings. The van der Waals surface area contributed by atoms with Gasteiger partial charge in [-0.3, -0.25) is 9.59 Å². The number of para-hydroxylation sites is 1. The number of thioether (sulfide) groups is 1. The molecule has 4 heteroatoms. The van der Waals surface area contributed by atoms with Crippen molar-refractivity contribution in [3.8, 4) is 5.75 Å². The van der Waals surface area contributed by atoms with Gasteiger partial charge in [0.05, 0.1) is 6.42 Å². The van der Waals surface area contributed by atoms with Crippen LogP contribution < -0.4 is 4.74 Å². The summed E-state index contributed by atoms with van der Waals surface area (Å²) in [6, 6.07) is 17.0. The van der Waals surface area contributed by atoms with E-state index in [1.54, 1.807) is 6.07 Å². The van der Waals surface area contributed by atoms with Crippen molar-refractivity contribution < 1.29 is 14.3 Å². The zero-order chi connectivity index (χ0) is 14.7. The minimum Gasteiger partial charge on any atom is -0.426 e. The van der Waals surface area contributed by atoms with E-state index in [-0.39, 0.29) is 23.4 Å². The highest BCUT2D eigenvalue weighted by atomic mass is 32.2. The Hall–Kier alpha value is -2.07. The second-order valence-corrected chi connectivity index (χ2v) is 6.04. The average Bonchev–Trinajstić information content (AvgIpc) is 2.48. The van der Waals surface area contributed by atoms with Gasteiger partial charge in [-0.05, 0) is 23.8 Å². The number of carbonyl (C=O) groups is 2. The largest absolute Gasteiger partial charge is 0.426 e. The van der Waals surface area contributed by atoms with Gasteiger partial charge in [-0.25, -0.2) is 0 Å². The van der Waals surface area contributed by atoms with E-state index in [9.17, 15) is 9.59 Å². The average molecular weight is 298 g/mol. The van der Waals surface area contributed by atoms with Gasteiger partial charge >= 0.3 is 5.97 Å². The van der Waals surface area contributed by atoms with E-state index < -0.39 is 0 Å². The van der Waals surface area contributed by atoms with Gasteiger partial charge in [0.25, 0.3) is 0 Å². The normalized spacial score (nSPS) is 17.0. The predicted molar refractivity (Wildman–Crippen MR) is 81.4 cm³/mol. The molecular weight excluding hydrogens is 284 g/mol. The molecule has 0 saturated heterocycles. The molecule has 21 heavy (non-hydrogen) atoms. The van der Waals surface area contributed by atoms with Crippen LogP contribution in [0.25, 0.3) is 0 Å². The van der Waals surface area contributed by atoms with E-state index >= 15 is 0 Å². The lowest BCUT2D eigenvalue weighted by atomic mass is 9.90. The van der Waals surface area contributed by atoms with Crippen molar-refractivity contribution >= 4 is 22.8 Å². The monoisotopic (exact) mass is 298 g/mol. The quantitative estimate of drug-likeness (QED) is 0.491. The molecule has 0 fully saturated rings. The third kappa shape index (κ3) is 3.34. The highest BCUT2D eigenvalue weighted by Gasteiger charge is 2.28. The summed E-state index contributed by atoms with van der Waals surface area (Å²) in [5.41, 5.74) is 0.944. The lowest BCUT2D eigenvalue weighted by Crippen LogP contribution is -2.21. The van der Waals surface area contributed by atoms with Crippen LogP contribution in [0.4, 0.5) is 0 Å². The molecule has 2 aromatic carbocycles. The maximum Gasteiger partial charge on any atom is 0.311 e. The number of ether oxygens (including phenoxy) is 1. The number of hydrogen-bond acceptors (Lipinski definition) is 4. The Labute approximate surface area is 127 Å². The van der Waals surface area contributed by atoms with Gasteiger partial charge in [0, 0.05) is 17.2 Å². The molecular formula is C17H14O3S. The van der Waals surface area contributed by atoms with E-state index in [0.29, 0.717) is 12.2 Å². The van der Waals surface area contributed by atoms with Crippen molar-refractivity contribution in [2.75, 3.05) is 0 Å². The fourth-order valence-corrected chi connectivity index (χ4v) is 3.27. The molecule has 1 atom stereocenters. The van der Waals surface area contributed by atoms with E-state index in [0.717, 1.165) is 10.5 Å². The smallest absolute Gasteiger partial charge is 0.311 e. The Balaban J connectivity index is 1.73. The minimum absolute atomic E-state index is 0.0655. The van der Waals surface area contributed by atoms with E-state index in [2.05, 4.69) is 0 Å². The van der Waals surface area contributed by atoms with E-state index in [4.69, 9.17) is 4.74 Å². The van der Waals surface area contributed by atoms with Gasteiger partial charge in [0.2, 0.25) is 0 Å². The van der Waals surface area contributed by atoms with E-state index in [1.807, 2.05) is 48.5 Å². The van der Waals surface area contributed by atoms with Gasteiger partial charge in [-0.1, -0.05) is 48.2 Å². The summed E-state index contributed by atoms with van der Waals surface area (Å²) < 4.78 is 5.20. The lowest BCUT2D eigenvalue weighted by molar-refractivity contribution is -0.136. The predicted octanol–water partition coefficient (Wildman–Crippen LogP) is 3.79. The van der Waals surface area contributed by atoms with Gasteiger partial charge in [-0.15, -0.1) is 0 Å². The molecule has 1 aliphatic heterocycles. The number of esters is 1. The van der Waals surface area contributed by atoms with Crippen LogP contribution in [-0.2, 0) is 9.59 Å². The van der Waals surface area contributed by atoms with Crippen LogP contribution in [0.5, 0.6) is 5.75 Å². The SMILES string of the molecule is O=C1CC(CC(=O)Sc2ccccc2)c2ccccc2O1. The topological polar surface area (TPSA) is 43.4 Å². The molecule has 0 radical (unpaired) electrons. The number of carbonyl (C=O) groups excluding carboxylic acids is 2. The molecule has 0 spiro atoms. The van der Waals surface area contributed by atoms with Crippen LogP contribution in [-0.4, -0.2) is 11.1 Å². The standard InChI is InChI=1S/C17H14O3S/c18-16-10-12(14-8-4-5-9-15(14)20-16)11-17(19)21-13-6-2-1-3-7-13/h1-9,12H,10-11H2. The Morgan fingerprint density at radius 2 is 1.81 bits per heavy atom. The number of fused-ring (bicyclic) bond motifs is 1. The van der Waals surface area contributed by atoms with E-state index in [1.165, 1.54) is 11.8 Å². The van der Waals surface area contributed by atoms with Gasteiger partial charge in [0.15, 0.2) is 5.12 Å². The van der Waals surface area contributed by atoms with Crippen molar-refractivity contribution in [2.45, 2.75) is 23.7 Å². The molecule has 106 valence electrons. The van der Waals surface area contributed by atoms with Gasteiger partial charge in [0.1, 0.15) is 5.75 Å². The Kier molecular flexibility index (Phi) is 4.06. The first-order valence-electron chi connectivity index (χ1n) is 6.78. The zero-order valence-corrected chi connectivity index (χ0v) is 12.1. The van der Waals surface area contributed by atoms with Crippen LogP contribution in [0.2, 0.25) is 0 Å². The van der Waals surface area contributed by atoms with Crippen LogP contribution >= 0.6 is 11.8 Å². The first-order valence-corrected chi connectivity index (χ1v) is 7.59. The summed E-state index contributed by atoms with van der Waals surface area (Å²) in [6.07, 6.45) is 0.601. The summed E-state index contributed by atoms with van der Waals surface area (Å²) in [4.78, 5) is 24.8. The molecule has 0 saturated carbocycles. The summed E-state index contributed by atoms with van der Waals surface area (Å²) in [7, 11) is 0. The molecule has 1 unspecified atom stereocenters. The number of hydrogen-bond donors (Lipinski definition) is 0. The maximum atomic E-state index is 12.2. The Bertz CT molecular complexity index is 667. The van der Waals surface area contributed by atoms with Crippen LogP contribution in [0.1, 0.15) is 24.3 Å². The maximum absolute atomic E-state index is 12.2. The highest BCUT2D eigenvalue weighted by molar-refractivity contribution is 8.13. The van der Waals surface area contributed by atoms with Crippen molar-refractivity contribution in [1.82, 2.24) is 0 Å². The van der Waals surface area contributed by atoms with Crippen molar-refractivity contribution in [1.29, 1.82) is 0 Å². The number of benzene rings is 2. The molecule has 3 nitrogen and oxygen atoms in total. The summed E-state index contributed by atoms with van der Waals surface area (Å²) in [5.74, 6) is 0.221. The molecule has 0 bridgehead atoms. The van der Waals surface area contributed by atoms with Gasteiger partial charge < -0.3 is 4.74 Å². The first-order chi connectivity index (χ1) is 10.2. The Morgan fingerprint density at radius 3 is 2.62 bits per heavy atom. The fourth-order valence-electron chi connectivity index (χ4n) is 2.43. The van der Waals surface area contributed by atoms with Crippen molar-refractivity contribution in [3.63, 3.8) is 0 Å². The molecule has 0 aromatic heterocycles. The summed E-state index contributed by atoms with van der Waals surface area (Å²) in [5, 5.41) is 0.0655. The second-order valence-electron chi connectivity index (χ2n) is 4.90. The molecule has 2 aromatic rings. The number of rotatable bonds is 3. The summed E-state index contributed by atoms with van der Waals surface area (Å²) in [6.45, 7) is 0. The highest BCUT2D eigenvalue weighted by Crippen LogP contribution is 2.37. The second kappa shape index (κ2) is 6.14. The zero-order valence-electron chi connectivity index (χ0n) is 11.3. The fraction of sp³-hybridized carbons (Fsp3) is 0.176. The summed E-state index contributed by atoms with van der Waals surface area (Å²) >= 11 is 1.22. The van der Waals surface area contributed by atoms with Crippen LogP contribution in [0, 0.1) is 0 Å².